The summed E-state index contributed by atoms with van der Waals surface area (Å²) in [6, 6.07) is 8.19. The molecule has 8 nitrogen and oxygen atoms in total. The molecule has 3 rings (SSSR count). The van der Waals surface area contributed by atoms with Gasteiger partial charge in [-0.15, -0.1) is 24.0 Å². The normalized spacial score (nSPS) is 17.0. The third-order valence-corrected chi connectivity index (χ3v) is 4.83. The van der Waals surface area contributed by atoms with Gasteiger partial charge in [0.15, 0.2) is 5.96 Å². The van der Waals surface area contributed by atoms with Gasteiger partial charge in [-0.05, 0) is 31.8 Å². The quantitative estimate of drug-likeness (QED) is 0.338. The van der Waals surface area contributed by atoms with Gasteiger partial charge < -0.3 is 24.6 Å². The van der Waals surface area contributed by atoms with Gasteiger partial charge in [0.1, 0.15) is 18.5 Å². The van der Waals surface area contributed by atoms with Crippen LogP contribution >= 0.6 is 24.0 Å². The van der Waals surface area contributed by atoms with Crippen molar-refractivity contribution >= 4 is 29.9 Å². The molecule has 1 aromatic carbocycles. The number of likely N-dealkylation sites (N-methyl/N-ethyl adjacent to an activating group) is 1. The van der Waals surface area contributed by atoms with Crippen molar-refractivity contribution in [3.8, 4) is 5.75 Å². The molecule has 1 unspecified atom stereocenters. The minimum absolute atomic E-state index is 0. The van der Waals surface area contributed by atoms with Crippen LogP contribution in [-0.2, 0) is 18.3 Å². The summed E-state index contributed by atoms with van der Waals surface area (Å²) in [4.78, 5) is 8.81. The fourth-order valence-corrected chi connectivity index (χ4v) is 3.25. The number of guanidine groups is 1. The fourth-order valence-electron chi connectivity index (χ4n) is 3.25. The van der Waals surface area contributed by atoms with Crippen LogP contribution in [0.2, 0.25) is 0 Å². The number of nitrogens with zero attached hydrogens (tertiary/aromatic N) is 5. The highest BCUT2D eigenvalue weighted by molar-refractivity contribution is 14.0. The molecule has 1 atom stereocenters. The number of hydrogen-bond acceptors (Lipinski definition) is 5. The van der Waals surface area contributed by atoms with Crippen molar-refractivity contribution in [1.29, 1.82) is 0 Å². The van der Waals surface area contributed by atoms with Gasteiger partial charge in [-0.25, -0.2) is 0 Å². The molecule has 166 valence electrons. The minimum Gasteiger partial charge on any atom is -0.492 e. The van der Waals surface area contributed by atoms with Gasteiger partial charge in [-0.3, -0.25) is 9.67 Å². The molecular weight excluding hydrogens is 495 g/mol. The van der Waals surface area contributed by atoms with Crippen LogP contribution in [-0.4, -0.2) is 79.5 Å². The first-order valence-electron chi connectivity index (χ1n) is 9.97. The Labute approximate surface area is 196 Å². The Morgan fingerprint density at radius 1 is 1.40 bits per heavy atom. The van der Waals surface area contributed by atoms with Crippen molar-refractivity contribution in [1.82, 2.24) is 24.9 Å². The second-order valence-corrected chi connectivity index (χ2v) is 7.45. The third-order valence-electron chi connectivity index (χ3n) is 4.83. The average Bonchev–Trinajstić information content (AvgIpc) is 3.15. The number of rotatable bonds is 7. The zero-order valence-corrected chi connectivity index (χ0v) is 20.6. The maximum Gasteiger partial charge on any atom is 0.194 e. The van der Waals surface area contributed by atoms with Crippen LogP contribution in [0.4, 0.5) is 0 Å². The predicted molar refractivity (Wildman–Crippen MR) is 130 cm³/mol. The van der Waals surface area contributed by atoms with Gasteiger partial charge in [0.2, 0.25) is 0 Å². The monoisotopic (exact) mass is 528 g/mol. The second kappa shape index (κ2) is 12.1. The number of benzene rings is 1. The second-order valence-electron chi connectivity index (χ2n) is 7.45. The number of halogens is 1. The van der Waals surface area contributed by atoms with Crippen molar-refractivity contribution in [3.05, 3.63) is 47.8 Å². The standard InChI is InChI=1S/C21H32N6O2.HI/c1-22-21(27-9-11-29-20(16-27)18-14-24-26(4)15-18)23-13-17-6-5-7-19(12-17)28-10-8-25(2)3;/h5-7,12,14-15,20H,8-11,13,16H2,1-4H3,(H,22,23);1H. The van der Waals surface area contributed by atoms with Crippen molar-refractivity contribution in [3.63, 3.8) is 0 Å². The van der Waals surface area contributed by atoms with Crippen molar-refractivity contribution < 1.29 is 9.47 Å². The molecule has 1 N–H and O–H groups in total. The maximum absolute atomic E-state index is 5.94. The lowest BCUT2D eigenvalue weighted by atomic mass is 10.1. The third kappa shape index (κ3) is 7.13. The molecule has 1 aliphatic rings. The molecule has 0 bridgehead atoms. The van der Waals surface area contributed by atoms with Crippen molar-refractivity contribution in [2.45, 2.75) is 12.6 Å². The topological polar surface area (TPSA) is 67.2 Å². The molecule has 9 heteroatoms. The van der Waals surface area contributed by atoms with E-state index in [0.717, 1.165) is 42.5 Å². The fraction of sp³-hybridized carbons (Fsp3) is 0.524. The van der Waals surface area contributed by atoms with Gasteiger partial charge in [-0.2, -0.15) is 5.10 Å². The highest BCUT2D eigenvalue weighted by Crippen LogP contribution is 2.21. The van der Waals surface area contributed by atoms with Crippen LogP contribution in [0.5, 0.6) is 5.75 Å². The van der Waals surface area contributed by atoms with E-state index in [0.29, 0.717) is 19.8 Å². The summed E-state index contributed by atoms with van der Waals surface area (Å²) in [6.45, 7) is 4.48. The molecule has 1 fully saturated rings. The van der Waals surface area contributed by atoms with Crippen LogP contribution in [0.25, 0.3) is 0 Å². The Kier molecular flexibility index (Phi) is 9.86. The summed E-state index contributed by atoms with van der Waals surface area (Å²) >= 11 is 0. The summed E-state index contributed by atoms with van der Waals surface area (Å²) in [5.41, 5.74) is 2.25. The lowest BCUT2D eigenvalue weighted by molar-refractivity contribution is -0.00805. The molecular formula is C21H33IN6O2. The van der Waals surface area contributed by atoms with Crippen LogP contribution in [0.3, 0.4) is 0 Å². The summed E-state index contributed by atoms with van der Waals surface area (Å²) in [7, 11) is 7.82. The molecule has 0 saturated carbocycles. The number of nitrogens with one attached hydrogen (secondary N) is 1. The number of aromatic nitrogens is 2. The van der Waals surface area contributed by atoms with Crippen LogP contribution in [0.1, 0.15) is 17.2 Å². The smallest absolute Gasteiger partial charge is 0.194 e. The number of aryl methyl sites for hydroxylation is 1. The number of aliphatic imine (C=N–C) groups is 1. The summed E-state index contributed by atoms with van der Waals surface area (Å²) < 4.78 is 13.6. The van der Waals surface area contributed by atoms with E-state index in [-0.39, 0.29) is 30.1 Å². The van der Waals surface area contributed by atoms with Gasteiger partial charge in [0, 0.05) is 45.5 Å². The molecule has 1 saturated heterocycles. The van der Waals surface area contributed by atoms with E-state index in [4.69, 9.17) is 9.47 Å². The Balaban J connectivity index is 0.00000320. The Morgan fingerprint density at radius 2 is 2.23 bits per heavy atom. The highest BCUT2D eigenvalue weighted by Gasteiger charge is 2.25. The van der Waals surface area contributed by atoms with Gasteiger partial charge in [0.25, 0.3) is 0 Å². The van der Waals surface area contributed by atoms with Crippen LogP contribution in [0.15, 0.2) is 41.7 Å². The van der Waals surface area contributed by atoms with E-state index >= 15 is 0 Å². The van der Waals surface area contributed by atoms with Crippen molar-refractivity contribution in [2.24, 2.45) is 12.0 Å². The predicted octanol–water partition coefficient (Wildman–Crippen LogP) is 2.13. The number of hydrogen-bond donors (Lipinski definition) is 1. The summed E-state index contributed by atoms with van der Waals surface area (Å²) in [6.07, 6.45) is 3.88. The first-order chi connectivity index (χ1) is 14.0. The van der Waals surface area contributed by atoms with E-state index in [1.807, 2.05) is 52.7 Å². The average molecular weight is 528 g/mol. The molecule has 0 spiro atoms. The van der Waals surface area contributed by atoms with Crippen LogP contribution < -0.4 is 10.1 Å². The zero-order chi connectivity index (χ0) is 20.6. The maximum atomic E-state index is 5.94. The highest BCUT2D eigenvalue weighted by atomic mass is 127. The molecule has 2 aromatic rings. The Bertz CT molecular complexity index is 810. The molecule has 1 aromatic heterocycles. The molecule has 30 heavy (non-hydrogen) atoms. The zero-order valence-electron chi connectivity index (χ0n) is 18.2. The van der Waals surface area contributed by atoms with E-state index in [1.165, 1.54) is 0 Å². The van der Waals surface area contributed by atoms with Gasteiger partial charge >= 0.3 is 0 Å². The first kappa shape index (κ1) is 24.4. The SMILES string of the molecule is CN=C(NCc1cccc(OCCN(C)C)c1)N1CCOC(c2cnn(C)c2)C1.I. The molecule has 2 heterocycles. The van der Waals surface area contributed by atoms with Crippen LogP contribution in [0, 0.1) is 0 Å². The number of morpholine rings is 1. The van der Waals surface area contributed by atoms with E-state index in [1.54, 1.807) is 4.68 Å². The molecule has 1 aliphatic heterocycles. The lowest BCUT2D eigenvalue weighted by Crippen LogP contribution is -2.47. The number of ether oxygens (including phenoxy) is 2. The Morgan fingerprint density at radius 3 is 2.93 bits per heavy atom. The first-order valence-corrected chi connectivity index (χ1v) is 9.97. The van der Waals surface area contributed by atoms with E-state index in [2.05, 4.69) is 37.3 Å². The molecule has 0 radical (unpaired) electrons. The summed E-state index contributed by atoms with van der Waals surface area (Å²) in [5.74, 6) is 1.77. The van der Waals surface area contributed by atoms with E-state index in [9.17, 15) is 0 Å². The molecule has 0 aliphatic carbocycles. The lowest BCUT2D eigenvalue weighted by Gasteiger charge is -2.34. The summed E-state index contributed by atoms with van der Waals surface area (Å²) in [5, 5.41) is 7.72. The minimum atomic E-state index is 0. The van der Waals surface area contributed by atoms with Gasteiger partial charge in [-0.1, -0.05) is 12.1 Å². The van der Waals surface area contributed by atoms with Crippen molar-refractivity contribution in [2.75, 3.05) is 54.0 Å². The van der Waals surface area contributed by atoms with Gasteiger partial charge in [0.05, 0.1) is 19.3 Å². The largest absolute Gasteiger partial charge is 0.492 e. The Hall–Kier alpha value is -1.85. The molecule has 0 amide bonds. The van der Waals surface area contributed by atoms with E-state index < -0.39 is 0 Å².